The van der Waals surface area contributed by atoms with Crippen molar-refractivity contribution in [2.24, 2.45) is 5.73 Å². The van der Waals surface area contributed by atoms with Gasteiger partial charge in [-0.15, -0.1) is 0 Å². The van der Waals surface area contributed by atoms with Crippen molar-refractivity contribution in [2.45, 2.75) is 32.2 Å². The summed E-state index contributed by atoms with van der Waals surface area (Å²) in [5, 5.41) is 0. The Morgan fingerprint density at radius 3 is 2.32 bits per heavy atom. The van der Waals surface area contributed by atoms with Crippen LogP contribution in [0.4, 0.5) is 5.69 Å². The molecule has 0 saturated carbocycles. The van der Waals surface area contributed by atoms with E-state index in [1.807, 2.05) is 0 Å². The van der Waals surface area contributed by atoms with Crippen molar-refractivity contribution in [2.75, 3.05) is 37.6 Å². The molecule has 106 valence electrons. The molecule has 0 spiro atoms. The van der Waals surface area contributed by atoms with Crippen LogP contribution in [0.15, 0.2) is 30.3 Å². The Balaban J connectivity index is 1.83. The minimum Gasteiger partial charge on any atom is -0.369 e. The summed E-state index contributed by atoms with van der Waals surface area (Å²) in [5.74, 6) is 0. The lowest BCUT2D eigenvalue weighted by Crippen LogP contribution is -2.54. The highest BCUT2D eigenvalue weighted by Gasteiger charge is 2.24. The van der Waals surface area contributed by atoms with Crippen LogP contribution >= 0.6 is 0 Å². The molecular formula is C16H27N3. The van der Waals surface area contributed by atoms with Gasteiger partial charge in [0.25, 0.3) is 0 Å². The van der Waals surface area contributed by atoms with Crippen LogP contribution in [0.3, 0.4) is 0 Å². The van der Waals surface area contributed by atoms with Gasteiger partial charge in [-0.2, -0.15) is 0 Å². The molecule has 2 N–H and O–H groups in total. The molecule has 19 heavy (non-hydrogen) atoms. The van der Waals surface area contributed by atoms with E-state index in [2.05, 4.69) is 54.0 Å². The van der Waals surface area contributed by atoms with Gasteiger partial charge in [0.2, 0.25) is 0 Å². The summed E-state index contributed by atoms with van der Waals surface area (Å²) in [6, 6.07) is 10.7. The second kappa shape index (κ2) is 6.40. The molecule has 1 fully saturated rings. The van der Waals surface area contributed by atoms with Gasteiger partial charge < -0.3 is 10.6 Å². The Morgan fingerprint density at radius 2 is 1.74 bits per heavy atom. The third-order valence-corrected chi connectivity index (χ3v) is 3.90. The zero-order chi connectivity index (χ0) is 13.7. The van der Waals surface area contributed by atoms with Crippen LogP contribution in [0, 0.1) is 0 Å². The molecule has 1 aromatic carbocycles. The monoisotopic (exact) mass is 261 g/mol. The molecular weight excluding hydrogens is 234 g/mol. The molecule has 0 radical (unpaired) electrons. The molecule has 0 aliphatic carbocycles. The van der Waals surface area contributed by atoms with Crippen molar-refractivity contribution in [3.8, 4) is 0 Å². The topological polar surface area (TPSA) is 32.5 Å². The van der Waals surface area contributed by atoms with Gasteiger partial charge in [0.05, 0.1) is 0 Å². The Labute approximate surface area is 117 Å². The van der Waals surface area contributed by atoms with E-state index in [0.717, 1.165) is 45.6 Å². The lowest BCUT2D eigenvalue weighted by molar-refractivity contribution is 0.199. The molecule has 1 saturated heterocycles. The highest BCUT2D eigenvalue weighted by molar-refractivity contribution is 5.46. The fourth-order valence-corrected chi connectivity index (χ4v) is 2.96. The van der Waals surface area contributed by atoms with Crippen molar-refractivity contribution in [1.82, 2.24) is 4.90 Å². The van der Waals surface area contributed by atoms with E-state index in [-0.39, 0.29) is 5.54 Å². The lowest BCUT2D eigenvalue weighted by Gasteiger charge is -2.39. The van der Waals surface area contributed by atoms with E-state index in [4.69, 9.17) is 5.73 Å². The number of hydrogen-bond donors (Lipinski definition) is 1. The van der Waals surface area contributed by atoms with E-state index >= 15 is 0 Å². The molecule has 1 aliphatic heterocycles. The van der Waals surface area contributed by atoms with Crippen molar-refractivity contribution >= 4 is 5.69 Å². The highest BCUT2D eigenvalue weighted by Crippen LogP contribution is 2.17. The molecule has 2 rings (SSSR count). The van der Waals surface area contributed by atoms with Gasteiger partial charge in [-0.3, -0.25) is 4.90 Å². The molecule has 1 aliphatic rings. The Kier molecular flexibility index (Phi) is 4.83. The van der Waals surface area contributed by atoms with Crippen molar-refractivity contribution in [3.63, 3.8) is 0 Å². The first-order chi connectivity index (χ1) is 9.11. The van der Waals surface area contributed by atoms with Crippen molar-refractivity contribution in [3.05, 3.63) is 30.3 Å². The summed E-state index contributed by atoms with van der Waals surface area (Å²) in [4.78, 5) is 4.97. The fourth-order valence-electron chi connectivity index (χ4n) is 2.96. The minimum atomic E-state index is -0.0380. The predicted molar refractivity (Wildman–Crippen MR) is 82.6 cm³/mol. The van der Waals surface area contributed by atoms with Gasteiger partial charge in [0, 0.05) is 44.0 Å². The number of hydrogen-bond acceptors (Lipinski definition) is 3. The van der Waals surface area contributed by atoms with E-state index in [0.29, 0.717) is 0 Å². The Morgan fingerprint density at radius 1 is 1.11 bits per heavy atom. The zero-order valence-electron chi connectivity index (χ0n) is 12.3. The molecule has 0 aromatic heterocycles. The standard InChI is InChI=1S/C16H27N3/c1-3-9-16(2,17)14-18-10-12-19(13-11-18)15-7-5-4-6-8-15/h4-8H,3,9-14,17H2,1-2H3. The quantitative estimate of drug-likeness (QED) is 0.883. The summed E-state index contributed by atoms with van der Waals surface area (Å²) in [5.41, 5.74) is 7.65. The molecule has 0 amide bonds. The third-order valence-electron chi connectivity index (χ3n) is 3.90. The van der Waals surface area contributed by atoms with Crippen LogP contribution in [-0.4, -0.2) is 43.2 Å². The average Bonchev–Trinajstić information content (AvgIpc) is 2.40. The van der Waals surface area contributed by atoms with Crippen LogP contribution in [0.5, 0.6) is 0 Å². The number of para-hydroxylation sites is 1. The van der Waals surface area contributed by atoms with Gasteiger partial charge in [-0.1, -0.05) is 31.5 Å². The highest BCUT2D eigenvalue weighted by atomic mass is 15.3. The number of rotatable bonds is 5. The Hall–Kier alpha value is -1.06. The maximum Gasteiger partial charge on any atom is 0.0367 e. The van der Waals surface area contributed by atoms with E-state index in [1.165, 1.54) is 5.69 Å². The first kappa shape index (κ1) is 14.4. The normalized spacial score (nSPS) is 20.3. The zero-order valence-corrected chi connectivity index (χ0v) is 12.3. The summed E-state index contributed by atoms with van der Waals surface area (Å²) in [6.07, 6.45) is 2.27. The maximum atomic E-state index is 6.35. The molecule has 3 nitrogen and oxygen atoms in total. The number of nitrogens with zero attached hydrogens (tertiary/aromatic N) is 2. The van der Waals surface area contributed by atoms with Crippen LogP contribution < -0.4 is 10.6 Å². The average molecular weight is 261 g/mol. The summed E-state index contributed by atoms with van der Waals surface area (Å²) in [6.45, 7) is 9.84. The number of anilines is 1. The van der Waals surface area contributed by atoms with Crippen LogP contribution in [-0.2, 0) is 0 Å². The van der Waals surface area contributed by atoms with Crippen molar-refractivity contribution < 1.29 is 0 Å². The van der Waals surface area contributed by atoms with Gasteiger partial charge in [-0.25, -0.2) is 0 Å². The largest absolute Gasteiger partial charge is 0.369 e. The molecule has 1 heterocycles. The van der Waals surface area contributed by atoms with E-state index < -0.39 is 0 Å². The lowest BCUT2D eigenvalue weighted by atomic mass is 9.96. The smallest absolute Gasteiger partial charge is 0.0367 e. The number of nitrogens with two attached hydrogens (primary N) is 1. The number of piperazine rings is 1. The van der Waals surface area contributed by atoms with E-state index in [1.54, 1.807) is 0 Å². The summed E-state index contributed by atoms with van der Waals surface area (Å²) in [7, 11) is 0. The molecule has 0 bridgehead atoms. The van der Waals surface area contributed by atoms with Gasteiger partial charge >= 0.3 is 0 Å². The van der Waals surface area contributed by atoms with Crippen LogP contribution in [0.25, 0.3) is 0 Å². The first-order valence-corrected chi connectivity index (χ1v) is 7.42. The van der Waals surface area contributed by atoms with E-state index in [9.17, 15) is 0 Å². The third kappa shape index (κ3) is 4.22. The van der Waals surface area contributed by atoms with Gasteiger partial charge in [-0.05, 0) is 25.5 Å². The maximum absolute atomic E-state index is 6.35. The fraction of sp³-hybridized carbons (Fsp3) is 0.625. The molecule has 1 atom stereocenters. The SMILES string of the molecule is CCCC(C)(N)CN1CCN(c2ccccc2)CC1. The number of benzene rings is 1. The first-order valence-electron chi connectivity index (χ1n) is 7.42. The van der Waals surface area contributed by atoms with Gasteiger partial charge in [0.15, 0.2) is 0 Å². The second-order valence-corrected chi connectivity index (χ2v) is 6.00. The van der Waals surface area contributed by atoms with Crippen molar-refractivity contribution in [1.29, 1.82) is 0 Å². The molecule has 1 aromatic rings. The van der Waals surface area contributed by atoms with Crippen LogP contribution in [0.2, 0.25) is 0 Å². The predicted octanol–water partition coefficient (Wildman–Crippen LogP) is 2.33. The summed E-state index contributed by atoms with van der Waals surface area (Å²) >= 11 is 0. The summed E-state index contributed by atoms with van der Waals surface area (Å²) < 4.78 is 0. The van der Waals surface area contributed by atoms with Crippen LogP contribution in [0.1, 0.15) is 26.7 Å². The molecule has 3 heteroatoms. The van der Waals surface area contributed by atoms with Gasteiger partial charge in [0.1, 0.15) is 0 Å². The molecule has 1 unspecified atom stereocenters. The minimum absolute atomic E-state index is 0.0380. The Bertz CT molecular complexity index is 367. The second-order valence-electron chi connectivity index (χ2n) is 6.00.